The van der Waals surface area contributed by atoms with Crippen molar-refractivity contribution in [2.75, 3.05) is 13.2 Å². The second-order valence-electron chi connectivity index (χ2n) is 5.12. The molecule has 0 spiro atoms. The van der Waals surface area contributed by atoms with E-state index >= 15 is 0 Å². The van der Waals surface area contributed by atoms with E-state index in [0.29, 0.717) is 0 Å². The van der Waals surface area contributed by atoms with Crippen molar-refractivity contribution in [1.29, 1.82) is 0 Å². The Balaban J connectivity index is 1.71. The maximum absolute atomic E-state index is 3.62. The van der Waals surface area contributed by atoms with E-state index in [1.165, 1.54) is 38.6 Å². The Morgan fingerprint density at radius 3 is 2.69 bits per heavy atom. The van der Waals surface area contributed by atoms with Crippen LogP contribution in [0.5, 0.6) is 0 Å². The van der Waals surface area contributed by atoms with Gasteiger partial charge < -0.3 is 10.6 Å². The summed E-state index contributed by atoms with van der Waals surface area (Å²) in [6, 6.07) is 0.848. The lowest BCUT2D eigenvalue weighted by molar-refractivity contribution is 0.130. The Labute approximate surface area is 80.5 Å². The van der Waals surface area contributed by atoms with Gasteiger partial charge in [0.2, 0.25) is 0 Å². The lowest BCUT2D eigenvalue weighted by Crippen LogP contribution is -2.54. The van der Waals surface area contributed by atoms with E-state index < -0.39 is 0 Å². The summed E-state index contributed by atoms with van der Waals surface area (Å²) in [7, 11) is 0. The van der Waals surface area contributed by atoms with Crippen LogP contribution in [0.2, 0.25) is 0 Å². The molecule has 13 heavy (non-hydrogen) atoms. The molecule has 3 fully saturated rings. The molecular formula is C11H20N2. The van der Waals surface area contributed by atoms with E-state index in [1.54, 1.807) is 0 Å². The summed E-state index contributed by atoms with van der Waals surface area (Å²) in [4.78, 5) is 0. The van der Waals surface area contributed by atoms with Gasteiger partial charge >= 0.3 is 0 Å². The van der Waals surface area contributed by atoms with E-state index in [4.69, 9.17) is 0 Å². The van der Waals surface area contributed by atoms with Gasteiger partial charge in [0, 0.05) is 19.3 Å². The zero-order valence-corrected chi connectivity index (χ0v) is 8.26. The zero-order valence-electron chi connectivity index (χ0n) is 8.26. The molecule has 0 radical (unpaired) electrons. The van der Waals surface area contributed by atoms with Crippen molar-refractivity contribution in [3.63, 3.8) is 0 Å². The van der Waals surface area contributed by atoms with Crippen molar-refractivity contribution in [2.45, 2.75) is 38.1 Å². The van der Waals surface area contributed by atoms with Gasteiger partial charge in [-0.3, -0.25) is 0 Å². The predicted molar refractivity (Wildman–Crippen MR) is 53.3 cm³/mol. The summed E-state index contributed by atoms with van der Waals surface area (Å²) in [5, 5.41) is 7.08. The first-order valence-corrected chi connectivity index (χ1v) is 5.87. The van der Waals surface area contributed by atoms with Crippen LogP contribution in [0.25, 0.3) is 0 Å². The fourth-order valence-corrected chi connectivity index (χ4v) is 3.74. The largest absolute Gasteiger partial charge is 0.304 e. The van der Waals surface area contributed by atoms with Gasteiger partial charge in [-0.25, -0.2) is 0 Å². The number of nitrogens with one attached hydrogen (secondary N) is 2. The Bertz CT molecular complexity index is 173. The average Bonchev–Trinajstić information content (AvgIpc) is 2.61. The van der Waals surface area contributed by atoms with Crippen LogP contribution in [0.4, 0.5) is 0 Å². The molecule has 0 aromatic heterocycles. The molecule has 0 aromatic carbocycles. The van der Waals surface area contributed by atoms with Crippen LogP contribution in [-0.4, -0.2) is 19.3 Å². The highest BCUT2D eigenvalue weighted by molar-refractivity contribution is 4.94. The Kier molecular flexibility index (Phi) is 2.06. The monoisotopic (exact) mass is 180 g/mol. The molecule has 3 aliphatic rings. The molecule has 2 nitrogen and oxygen atoms in total. The van der Waals surface area contributed by atoms with Crippen LogP contribution < -0.4 is 10.6 Å². The average molecular weight is 180 g/mol. The molecule has 2 N–H and O–H groups in total. The van der Waals surface area contributed by atoms with E-state index in [1.807, 2.05) is 0 Å². The molecule has 1 heterocycles. The smallest absolute Gasteiger partial charge is 0.0456 e. The minimum absolute atomic E-state index is 0.848. The molecular weight excluding hydrogens is 160 g/mol. The van der Waals surface area contributed by atoms with Crippen molar-refractivity contribution in [3.05, 3.63) is 0 Å². The number of hydrogen-bond donors (Lipinski definition) is 2. The molecule has 2 saturated carbocycles. The minimum Gasteiger partial charge on any atom is -0.304 e. The van der Waals surface area contributed by atoms with Crippen LogP contribution in [0, 0.1) is 17.8 Å². The first-order valence-electron chi connectivity index (χ1n) is 5.87. The van der Waals surface area contributed by atoms with Crippen LogP contribution in [0.3, 0.4) is 0 Å². The van der Waals surface area contributed by atoms with Crippen LogP contribution in [0.15, 0.2) is 0 Å². The molecule has 1 aliphatic heterocycles. The second kappa shape index (κ2) is 3.25. The van der Waals surface area contributed by atoms with E-state index in [0.717, 1.165) is 30.5 Å². The van der Waals surface area contributed by atoms with E-state index in [2.05, 4.69) is 10.6 Å². The Hall–Kier alpha value is -0.0800. The van der Waals surface area contributed by atoms with Crippen LogP contribution >= 0.6 is 0 Å². The van der Waals surface area contributed by atoms with Gasteiger partial charge in [0.25, 0.3) is 0 Å². The third-order valence-electron chi connectivity index (χ3n) is 4.44. The second-order valence-corrected chi connectivity index (χ2v) is 5.12. The van der Waals surface area contributed by atoms with Gasteiger partial charge in [-0.1, -0.05) is 19.3 Å². The van der Waals surface area contributed by atoms with Crippen molar-refractivity contribution in [2.24, 2.45) is 17.8 Å². The molecule has 0 aromatic rings. The molecule has 74 valence electrons. The summed E-state index contributed by atoms with van der Waals surface area (Å²) in [6.45, 7) is 2.30. The number of fused-ring (bicyclic) bond motifs is 2. The van der Waals surface area contributed by atoms with Gasteiger partial charge in [0.05, 0.1) is 0 Å². The topological polar surface area (TPSA) is 24.1 Å². The van der Waals surface area contributed by atoms with Gasteiger partial charge in [-0.2, -0.15) is 0 Å². The summed E-state index contributed by atoms with van der Waals surface area (Å²) in [5.74, 6) is 3.10. The summed E-state index contributed by atoms with van der Waals surface area (Å²) >= 11 is 0. The maximum atomic E-state index is 3.62. The summed E-state index contributed by atoms with van der Waals surface area (Å²) in [6.07, 6.45) is 7.51. The quantitative estimate of drug-likeness (QED) is 0.587. The predicted octanol–water partition coefficient (Wildman–Crippen LogP) is 1.33. The fraction of sp³-hybridized carbons (Fsp3) is 1.00. The first kappa shape index (κ1) is 8.25. The number of rotatable bonds is 0. The first-order chi connectivity index (χ1) is 6.43. The standard InChI is InChI=1S/C11H20N2/c1-2-8-4-10-6-12-7-13-11(10)5-9(8)3-1/h8-13H,1-7H2. The molecule has 4 atom stereocenters. The SMILES string of the molecule is C1CC2CC3CNCNC3CC2C1. The molecule has 3 rings (SSSR count). The van der Waals surface area contributed by atoms with Crippen LogP contribution in [-0.2, 0) is 0 Å². The van der Waals surface area contributed by atoms with Gasteiger partial charge in [-0.05, 0) is 30.6 Å². The summed E-state index contributed by atoms with van der Waals surface area (Å²) in [5.41, 5.74) is 0. The van der Waals surface area contributed by atoms with Gasteiger partial charge in [-0.15, -0.1) is 0 Å². The zero-order chi connectivity index (χ0) is 8.67. The van der Waals surface area contributed by atoms with E-state index in [-0.39, 0.29) is 0 Å². The van der Waals surface area contributed by atoms with Gasteiger partial charge in [0.15, 0.2) is 0 Å². The molecule has 0 bridgehead atoms. The number of hydrogen-bond acceptors (Lipinski definition) is 2. The summed E-state index contributed by atoms with van der Waals surface area (Å²) < 4.78 is 0. The maximum Gasteiger partial charge on any atom is 0.0456 e. The molecule has 2 aliphatic carbocycles. The highest BCUT2D eigenvalue weighted by Gasteiger charge is 2.39. The highest BCUT2D eigenvalue weighted by Crippen LogP contribution is 2.44. The lowest BCUT2D eigenvalue weighted by atomic mass is 9.72. The highest BCUT2D eigenvalue weighted by atomic mass is 15.1. The van der Waals surface area contributed by atoms with Crippen molar-refractivity contribution >= 4 is 0 Å². The third-order valence-corrected chi connectivity index (χ3v) is 4.44. The Morgan fingerprint density at radius 1 is 0.923 bits per heavy atom. The molecule has 2 heteroatoms. The fourth-order valence-electron chi connectivity index (χ4n) is 3.74. The van der Waals surface area contributed by atoms with Crippen molar-refractivity contribution < 1.29 is 0 Å². The molecule has 0 amide bonds. The Morgan fingerprint density at radius 2 is 1.77 bits per heavy atom. The van der Waals surface area contributed by atoms with Crippen molar-refractivity contribution in [3.8, 4) is 0 Å². The van der Waals surface area contributed by atoms with E-state index in [9.17, 15) is 0 Å². The third kappa shape index (κ3) is 1.40. The molecule has 1 saturated heterocycles. The van der Waals surface area contributed by atoms with Crippen LogP contribution in [0.1, 0.15) is 32.1 Å². The lowest BCUT2D eigenvalue weighted by Gasteiger charge is -2.42. The van der Waals surface area contributed by atoms with Gasteiger partial charge in [0.1, 0.15) is 0 Å². The normalized spacial score (nSPS) is 49.8. The minimum atomic E-state index is 0.848. The molecule has 4 unspecified atom stereocenters. The van der Waals surface area contributed by atoms with Crippen molar-refractivity contribution in [1.82, 2.24) is 10.6 Å².